The van der Waals surface area contributed by atoms with Gasteiger partial charge in [0.15, 0.2) is 11.5 Å². The first-order chi connectivity index (χ1) is 11.7. The highest BCUT2D eigenvalue weighted by atomic mass is 15.4. The number of piperidine rings is 1. The Morgan fingerprint density at radius 1 is 1.08 bits per heavy atom. The molecular formula is C16H20N8. The van der Waals surface area contributed by atoms with Crippen LogP contribution in [0, 0.1) is 0 Å². The van der Waals surface area contributed by atoms with Crippen LogP contribution < -0.4 is 9.80 Å². The SMILES string of the molecule is CN(C)c1ccc2nnc(C3CCN(c4ccncn4)CC3)n2n1. The topological polar surface area (TPSA) is 75.3 Å². The van der Waals surface area contributed by atoms with E-state index in [0.717, 1.165) is 49.0 Å². The summed E-state index contributed by atoms with van der Waals surface area (Å²) in [6.07, 6.45) is 5.41. The van der Waals surface area contributed by atoms with Crippen molar-refractivity contribution < 1.29 is 0 Å². The summed E-state index contributed by atoms with van der Waals surface area (Å²) >= 11 is 0. The monoisotopic (exact) mass is 324 g/mol. The van der Waals surface area contributed by atoms with Crippen molar-refractivity contribution in [1.82, 2.24) is 29.8 Å². The molecular weight excluding hydrogens is 304 g/mol. The van der Waals surface area contributed by atoms with E-state index in [1.54, 1.807) is 12.5 Å². The predicted octanol–water partition coefficient (Wildman–Crippen LogP) is 1.36. The zero-order chi connectivity index (χ0) is 16.5. The van der Waals surface area contributed by atoms with E-state index in [1.807, 2.05) is 41.7 Å². The summed E-state index contributed by atoms with van der Waals surface area (Å²) in [7, 11) is 3.97. The molecule has 8 nitrogen and oxygen atoms in total. The van der Waals surface area contributed by atoms with Gasteiger partial charge in [0.2, 0.25) is 0 Å². The fourth-order valence-electron chi connectivity index (χ4n) is 3.13. The molecule has 4 heterocycles. The fourth-order valence-corrected chi connectivity index (χ4v) is 3.13. The summed E-state index contributed by atoms with van der Waals surface area (Å²) in [5.74, 6) is 3.21. The van der Waals surface area contributed by atoms with Crippen LogP contribution in [0.2, 0.25) is 0 Å². The molecule has 1 fully saturated rings. The molecule has 0 bridgehead atoms. The van der Waals surface area contributed by atoms with E-state index in [1.165, 1.54) is 0 Å². The van der Waals surface area contributed by atoms with Crippen molar-refractivity contribution in [1.29, 1.82) is 0 Å². The Kier molecular flexibility index (Phi) is 3.72. The summed E-state index contributed by atoms with van der Waals surface area (Å²) in [5, 5.41) is 13.3. The van der Waals surface area contributed by atoms with Gasteiger partial charge in [-0.05, 0) is 31.0 Å². The number of nitrogens with zero attached hydrogens (tertiary/aromatic N) is 8. The van der Waals surface area contributed by atoms with Gasteiger partial charge in [-0.25, -0.2) is 9.97 Å². The van der Waals surface area contributed by atoms with Crippen molar-refractivity contribution in [2.45, 2.75) is 18.8 Å². The first-order valence-electron chi connectivity index (χ1n) is 8.13. The average Bonchev–Trinajstić information content (AvgIpc) is 3.06. The van der Waals surface area contributed by atoms with E-state index < -0.39 is 0 Å². The minimum atomic E-state index is 0.364. The molecule has 0 unspecified atom stereocenters. The zero-order valence-electron chi connectivity index (χ0n) is 13.9. The summed E-state index contributed by atoms with van der Waals surface area (Å²) < 4.78 is 1.89. The van der Waals surface area contributed by atoms with Crippen LogP contribution in [0.5, 0.6) is 0 Å². The normalized spacial score (nSPS) is 15.8. The molecule has 0 saturated carbocycles. The van der Waals surface area contributed by atoms with Crippen molar-refractivity contribution in [3.63, 3.8) is 0 Å². The first kappa shape index (κ1) is 14.8. The maximum Gasteiger partial charge on any atom is 0.178 e. The molecule has 3 aromatic rings. The number of hydrogen-bond donors (Lipinski definition) is 0. The van der Waals surface area contributed by atoms with Gasteiger partial charge in [0.25, 0.3) is 0 Å². The Bertz CT molecular complexity index is 820. The van der Waals surface area contributed by atoms with Crippen LogP contribution >= 0.6 is 0 Å². The highest BCUT2D eigenvalue weighted by molar-refractivity contribution is 5.45. The smallest absolute Gasteiger partial charge is 0.178 e. The van der Waals surface area contributed by atoms with Crippen molar-refractivity contribution in [2.75, 3.05) is 37.0 Å². The maximum atomic E-state index is 4.67. The molecule has 4 rings (SSSR count). The molecule has 3 aromatic heterocycles. The highest BCUT2D eigenvalue weighted by Crippen LogP contribution is 2.28. The van der Waals surface area contributed by atoms with Crippen molar-refractivity contribution >= 4 is 17.3 Å². The van der Waals surface area contributed by atoms with Crippen LogP contribution in [0.3, 0.4) is 0 Å². The Morgan fingerprint density at radius 2 is 1.92 bits per heavy atom. The first-order valence-corrected chi connectivity index (χ1v) is 8.13. The van der Waals surface area contributed by atoms with Gasteiger partial charge in [0.05, 0.1) is 0 Å². The number of aromatic nitrogens is 6. The lowest BCUT2D eigenvalue weighted by Crippen LogP contribution is -2.34. The molecule has 1 saturated heterocycles. The largest absolute Gasteiger partial charge is 0.361 e. The predicted molar refractivity (Wildman–Crippen MR) is 91.3 cm³/mol. The summed E-state index contributed by atoms with van der Waals surface area (Å²) in [4.78, 5) is 12.6. The minimum Gasteiger partial charge on any atom is -0.361 e. The molecule has 24 heavy (non-hydrogen) atoms. The molecule has 0 aromatic carbocycles. The van der Waals surface area contributed by atoms with Gasteiger partial charge in [0, 0.05) is 39.3 Å². The van der Waals surface area contributed by atoms with Crippen LogP contribution in [0.25, 0.3) is 5.65 Å². The van der Waals surface area contributed by atoms with Gasteiger partial charge >= 0.3 is 0 Å². The van der Waals surface area contributed by atoms with Crippen molar-refractivity contribution in [2.24, 2.45) is 0 Å². The molecule has 1 aliphatic heterocycles. The Morgan fingerprint density at radius 3 is 2.62 bits per heavy atom. The summed E-state index contributed by atoms with van der Waals surface area (Å²) in [6, 6.07) is 5.89. The summed E-state index contributed by atoms with van der Waals surface area (Å²) in [6.45, 7) is 1.90. The van der Waals surface area contributed by atoms with E-state index in [4.69, 9.17) is 0 Å². The van der Waals surface area contributed by atoms with Crippen molar-refractivity contribution in [3.05, 3.63) is 36.5 Å². The Labute approximate surface area is 140 Å². The van der Waals surface area contributed by atoms with Gasteiger partial charge in [0.1, 0.15) is 18.0 Å². The van der Waals surface area contributed by atoms with Gasteiger partial charge in [-0.15, -0.1) is 15.3 Å². The molecule has 124 valence electrons. The molecule has 0 atom stereocenters. The average molecular weight is 324 g/mol. The lowest BCUT2D eigenvalue weighted by Gasteiger charge is -2.31. The third-order valence-corrected chi connectivity index (χ3v) is 4.48. The molecule has 0 spiro atoms. The standard InChI is InChI=1S/C16H20N8/c1-22(2)15-4-3-14-19-20-16(24(14)21-15)12-6-9-23(10-7-12)13-5-8-17-11-18-13/h3-5,8,11-12H,6-7,9-10H2,1-2H3. The molecule has 0 aliphatic carbocycles. The highest BCUT2D eigenvalue weighted by Gasteiger charge is 2.25. The molecule has 0 N–H and O–H groups in total. The van der Waals surface area contributed by atoms with Crippen molar-refractivity contribution in [3.8, 4) is 0 Å². The molecule has 8 heteroatoms. The van der Waals surface area contributed by atoms with Gasteiger partial charge < -0.3 is 9.80 Å². The molecule has 0 amide bonds. The number of rotatable bonds is 3. The van der Waals surface area contributed by atoms with E-state index in [9.17, 15) is 0 Å². The van der Waals surface area contributed by atoms with Gasteiger partial charge in [-0.3, -0.25) is 0 Å². The van der Waals surface area contributed by atoms with Crippen LogP contribution in [0.4, 0.5) is 11.6 Å². The number of anilines is 2. The lowest BCUT2D eigenvalue weighted by atomic mass is 9.96. The maximum absolute atomic E-state index is 4.67. The lowest BCUT2D eigenvalue weighted by molar-refractivity contribution is 0.475. The molecule has 0 radical (unpaired) electrons. The second-order valence-corrected chi connectivity index (χ2v) is 6.24. The van der Waals surface area contributed by atoms with E-state index in [0.29, 0.717) is 5.92 Å². The van der Waals surface area contributed by atoms with E-state index in [2.05, 4.69) is 30.2 Å². The minimum absolute atomic E-state index is 0.364. The quantitative estimate of drug-likeness (QED) is 0.720. The Hall–Kier alpha value is -2.77. The third kappa shape index (κ3) is 2.64. The Balaban J connectivity index is 1.55. The van der Waals surface area contributed by atoms with E-state index in [-0.39, 0.29) is 0 Å². The van der Waals surface area contributed by atoms with Gasteiger partial charge in [-0.1, -0.05) is 0 Å². The zero-order valence-corrected chi connectivity index (χ0v) is 13.9. The van der Waals surface area contributed by atoms with Crippen LogP contribution in [-0.4, -0.2) is 57.0 Å². The van der Waals surface area contributed by atoms with Gasteiger partial charge in [-0.2, -0.15) is 4.52 Å². The van der Waals surface area contributed by atoms with Crippen LogP contribution in [0.15, 0.2) is 30.7 Å². The number of fused-ring (bicyclic) bond motifs is 1. The van der Waals surface area contributed by atoms with E-state index >= 15 is 0 Å². The fraction of sp³-hybridized carbons (Fsp3) is 0.438. The summed E-state index contributed by atoms with van der Waals surface area (Å²) in [5.41, 5.74) is 0.800. The second kappa shape index (κ2) is 6.03. The third-order valence-electron chi connectivity index (χ3n) is 4.48. The molecule has 1 aliphatic rings. The second-order valence-electron chi connectivity index (χ2n) is 6.24. The number of hydrogen-bond acceptors (Lipinski definition) is 7. The van der Waals surface area contributed by atoms with Crippen LogP contribution in [0.1, 0.15) is 24.6 Å². The van der Waals surface area contributed by atoms with Crippen LogP contribution in [-0.2, 0) is 0 Å².